The third-order valence-corrected chi connectivity index (χ3v) is 5.43. The van der Waals surface area contributed by atoms with Crippen molar-refractivity contribution in [2.75, 3.05) is 4.90 Å². The van der Waals surface area contributed by atoms with Gasteiger partial charge in [-0.3, -0.25) is 19.5 Å². The summed E-state index contributed by atoms with van der Waals surface area (Å²) < 4.78 is 3.82. The van der Waals surface area contributed by atoms with E-state index in [4.69, 9.17) is 0 Å². The molecule has 0 bridgehead atoms. The number of carbonyl (C=O) groups excluding carboxylic acids is 2. The van der Waals surface area contributed by atoms with Gasteiger partial charge >= 0.3 is 0 Å². The molecular weight excluding hydrogens is 398 g/mol. The van der Waals surface area contributed by atoms with Gasteiger partial charge in [-0.05, 0) is 62.5 Å². The fraction of sp³-hybridized carbons (Fsp3) is 0.318. The monoisotopic (exact) mass is 423 g/mol. The third kappa shape index (κ3) is 4.88. The van der Waals surface area contributed by atoms with Gasteiger partial charge < -0.3 is 5.32 Å². The minimum Gasteiger partial charge on any atom is -0.349 e. The van der Waals surface area contributed by atoms with E-state index in [1.54, 1.807) is 29.9 Å². The van der Waals surface area contributed by atoms with E-state index in [-0.39, 0.29) is 11.6 Å². The molecule has 1 atom stereocenters. The van der Waals surface area contributed by atoms with Gasteiger partial charge in [0.2, 0.25) is 5.91 Å². The van der Waals surface area contributed by atoms with Gasteiger partial charge in [0.05, 0.1) is 0 Å². The Kier molecular flexibility index (Phi) is 6.56. The van der Waals surface area contributed by atoms with E-state index in [9.17, 15) is 9.59 Å². The highest BCUT2D eigenvalue weighted by atomic mass is 32.1. The highest BCUT2D eigenvalue weighted by molar-refractivity contribution is 7.03. The minimum absolute atomic E-state index is 0.193. The van der Waals surface area contributed by atoms with E-state index < -0.39 is 17.5 Å². The van der Waals surface area contributed by atoms with Gasteiger partial charge in [-0.1, -0.05) is 29.6 Å². The maximum absolute atomic E-state index is 13.5. The van der Waals surface area contributed by atoms with Gasteiger partial charge in [-0.25, -0.2) is 0 Å². The van der Waals surface area contributed by atoms with E-state index in [1.165, 1.54) is 4.90 Å². The van der Waals surface area contributed by atoms with Crippen LogP contribution >= 0.6 is 11.5 Å². The Balaban J connectivity index is 2.15. The fourth-order valence-corrected chi connectivity index (χ4v) is 3.42. The van der Waals surface area contributed by atoms with Crippen molar-refractivity contribution in [3.63, 3.8) is 0 Å². The normalized spacial score (nSPS) is 12.3. The SMILES string of the molecule is CCC(C)(C)NC(=O)C(c1cccnc1)N(C(=O)c1csnn1)c1cccc(C)c1. The number of aryl methyl sites for hydroxylation is 1. The van der Waals surface area contributed by atoms with Gasteiger partial charge in [0, 0.05) is 34.6 Å². The fourth-order valence-electron chi connectivity index (χ4n) is 2.99. The van der Waals surface area contributed by atoms with E-state index in [1.807, 2.05) is 52.0 Å². The molecule has 0 saturated heterocycles. The molecule has 1 aromatic carbocycles. The Labute approximate surface area is 180 Å². The molecular formula is C22H25N5O2S. The van der Waals surface area contributed by atoms with Crippen LogP contribution in [0.3, 0.4) is 0 Å². The Bertz CT molecular complexity index is 1010. The van der Waals surface area contributed by atoms with Crippen molar-refractivity contribution in [3.8, 4) is 0 Å². The number of carbonyl (C=O) groups is 2. The summed E-state index contributed by atoms with van der Waals surface area (Å²) in [6.07, 6.45) is 3.99. The van der Waals surface area contributed by atoms with Crippen LogP contribution in [0.15, 0.2) is 54.2 Å². The Morgan fingerprint density at radius 3 is 2.63 bits per heavy atom. The van der Waals surface area contributed by atoms with Crippen molar-refractivity contribution in [1.29, 1.82) is 0 Å². The highest BCUT2D eigenvalue weighted by Crippen LogP contribution is 2.30. The lowest BCUT2D eigenvalue weighted by molar-refractivity contribution is -0.124. The zero-order valence-corrected chi connectivity index (χ0v) is 18.3. The van der Waals surface area contributed by atoms with Crippen molar-refractivity contribution in [3.05, 3.63) is 71.0 Å². The molecule has 2 amide bonds. The van der Waals surface area contributed by atoms with Crippen LogP contribution < -0.4 is 10.2 Å². The number of anilines is 1. The standard InChI is InChI=1S/C22H25N5O2S/c1-5-22(3,4)24-20(28)19(16-9-7-11-23-13-16)27(17-10-6-8-15(2)12-17)21(29)18-14-30-26-25-18/h6-14,19H,5H2,1-4H3,(H,24,28). The molecule has 0 spiro atoms. The molecule has 7 nitrogen and oxygen atoms in total. The summed E-state index contributed by atoms with van der Waals surface area (Å²) in [6.45, 7) is 7.85. The first kappa shape index (κ1) is 21.6. The smallest absolute Gasteiger partial charge is 0.280 e. The van der Waals surface area contributed by atoms with Crippen LogP contribution in [0.5, 0.6) is 0 Å². The predicted molar refractivity (Wildman–Crippen MR) is 117 cm³/mol. The molecule has 2 heterocycles. The van der Waals surface area contributed by atoms with Crippen molar-refractivity contribution >= 4 is 29.0 Å². The van der Waals surface area contributed by atoms with Gasteiger partial charge in [0.15, 0.2) is 5.69 Å². The van der Waals surface area contributed by atoms with Crippen LogP contribution in [0.25, 0.3) is 0 Å². The first-order valence-electron chi connectivity index (χ1n) is 9.71. The van der Waals surface area contributed by atoms with Crippen LogP contribution in [0, 0.1) is 6.92 Å². The van der Waals surface area contributed by atoms with Crippen molar-refractivity contribution in [2.45, 2.75) is 45.7 Å². The molecule has 0 aliphatic rings. The summed E-state index contributed by atoms with van der Waals surface area (Å²) in [4.78, 5) is 32.7. The first-order chi connectivity index (χ1) is 14.3. The maximum Gasteiger partial charge on any atom is 0.280 e. The maximum atomic E-state index is 13.5. The lowest BCUT2D eigenvalue weighted by Gasteiger charge is -2.34. The molecule has 0 aliphatic carbocycles. The molecule has 30 heavy (non-hydrogen) atoms. The molecule has 2 aromatic heterocycles. The second kappa shape index (κ2) is 9.13. The molecule has 3 rings (SSSR count). The molecule has 3 aromatic rings. The molecule has 8 heteroatoms. The highest BCUT2D eigenvalue weighted by Gasteiger charge is 2.36. The summed E-state index contributed by atoms with van der Waals surface area (Å²) in [5, 5.41) is 8.60. The number of rotatable bonds is 7. The van der Waals surface area contributed by atoms with Gasteiger partial charge in [0.25, 0.3) is 5.91 Å². The first-order valence-corrected chi connectivity index (χ1v) is 10.6. The Morgan fingerprint density at radius 2 is 2.03 bits per heavy atom. The number of hydrogen-bond acceptors (Lipinski definition) is 6. The number of nitrogens with one attached hydrogen (secondary N) is 1. The summed E-state index contributed by atoms with van der Waals surface area (Å²) >= 11 is 1.09. The summed E-state index contributed by atoms with van der Waals surface area (Å²) in [5.41, 5.74) is 1.95. The van der Waals surface area contributed by atoms with E-state index in [0.29, 0.717) is 11.3 Å². The summed E-state index contributed by atoms with van der Waals surface area (Å²) in [7, 11) is 0. The molecule has 0 fully saturated rings. The molecule has 0 radical (unpaired) electrons. The number of nitrogens with zero attached hydrogens (tertiary/aromatic N) is 4. The predicted octanol–water partition coefficient (Wildman–Crippen LogP) is 3.93. The van der Waals surface area contributed by atoms with E-state index >= 15 is 0 Å². The molecule has 1 unspecified atom stereocenters. The number of benzene rings is 1. The van der Waals surface area contributed by atoms with Gasteiger partial charge in [-0.15, -0.1) is 5.10 Å². The van der Waals surface area contributed by atoms with Crippen LogP contribution in [-0.4, -0.2) is 31.9 Å². The van der Waals surface area contributed by atoms with E-state index in [0.717, 1.165) is 23.5 Å². The van der Waals surface area contributed by atoms with Crippen molar-refractivity contribution in [2.24, 2.45) is 0 Å². The summed E-state index contributed by atoms with van der Waals surface area (Å²) in [5.74, 6) is -0.680. The lowest BCUT2D eigenvalue weighted by atomic mass is 9.98. The van der Waals surface area contributed by atoms with Crippen LogP contribution in [0.1, 0.15) is 54.8 Å². The zero-order chi connectivity index (χ0) is 21.7. The number of amides is 2. The van der Waals surface area contributed by atoms with E-state index in [2.05, 4.69) is 19.9 Å². The molecule has 1 N–H and O–H groups in total. The molecule has 156 valence electrons. The number of hydrogen-bond donors (Lipinski definition) is 1. The average Bonchev–Trinajstić information content (AvgIpc) is 3.26. The van der Waals surface area contributed by atoms with Crippen molar-refractivity contribution in [1.82, 2.24) is 19.9 Å². The van der Waals surface area contributed by atoms with Crippen LogP contribution in [-0.2, 0) is 4.79 Å². The number of pyridine rings is 1. The zero-order valence-electron chi connectivity index (χ0n) is 17.5. The number of aromatic nitrogens is 3. The summed E-state index contributed by atoms with van der Waals surface area (Å²) in [6, 6.07) is 10.1. The quantitative estimate of drug-likeness (QED) is 0.622. The molecule has 0 saturated carbocycles. The second-order valence-corrected chi connectivity index (χ2v) is 8.33. The Hall–Kier alpha value is -3.13. The van der Waals surface area contributed by atoms with Gasteiger partial charge in [-0.2, -0.15) is 0 Å². The third-order valence-electron chi connectivity index (χ3n) is 4.93. The molecule has 0 aliphatic heterocycles. The Morgan fingerprint density at radius 1 is 1.23 bits per heavy atom. The van der Waals surface area contributed by atoms with Crippen molar-refractivity contribution < 1.29 is 9.59 Å². The topological polar surface area (TPSA) is 88.1 Å². The second-order valence-electron chi connectivity index (χ2n) is 7.72. The van der Waals surface area contributed by atoms with Gasteiger partial charge in [0.1, 0.15) is 6.04 Å². The van der Waals surface area contributed by atoms with Crippen LogP contribution in [0.4, 0.5) is 5.69 Å². The lowest BCUT2D eigenvalue weighted by Crippen LogP contribution is -2.50. The minimum atomic E-state index is -0.916. The average molecular weight is 424 g/mol. The van der Waals surface area contributed by atoms with Crippen LogP contribution in [0.2, 0.25) is 0 Å². The largest absolute Gasteiger partial charge is 0.349 e.